The molecule has 4 rings (SSSR count). The number of rotatable bonds is 4. The van der Waals surface area contributed by atoms with Crippen molar-refractivity contribution < 1.29 is 9.53 Å². The van der Waals surface area contributed by atoms with Gasteiger partial charge in [-0.2, -0.15) is 0 Å². The normalized spacial score (nSPS) is 18.3. The average Bonchev–Trinajstić information content (AvgIpc) is 3.13. The molecule has 25 heavy (non-hydrogen) atoms. The van der Waals surface area contributed by atoms with Gasteiger partial charge in [0.25, 0.3) is 5.91 Å². The summed E-state index contributed by atoms with van der Waals surface area (Å²) in [6.45, 7) is 2.78. The third-order valence-corrected chi connectivity index (χ3v) is 4.40. The lowest BCUT2D eigenvalue weighted by Crippen LogP contribution is -2.47. The molecule has 1 saturated heterocycles. The minimum atomic E-state index is -0.480. The highest BCUT2D eigenvalue weighted by molar-refractivity contribution is 6.01. The predicted molar refractivity (Wildman–Crippen MR) is 96.2 cm³/mol. The summed E-state index contributed by atoms with van der Waals surface area (Å²) in [6.07, 6.45) is 1.14. The molecule has 6 nitrogen and oxygen atoms in total. The van der Waals surface area contributed by atoms with Gasteiger partial charge in [0.1, 0.15) is 11.6 Å². The van der Waals surface area contributed by atoms with Gasteiger partial charge in [0.2, 0.25) is 0 Å². The Bertz CT molecular complexity index is 862. The van der Waals surface area contributed by atoms with Crippen LogP contribution in [0.2, 0.25) is 0 Å². The maximum absolute atomic E-state index is 12.6. The molecule has 1 aliphatic heterocycles. The van der Waals surface area contributed by atoms with Gasteiger partial charge in [0.15, 0.2) is 0 Å². The van der Waals surface area contributed by atoms with E-state index in [9.17, 15) is 4.79 Å². The summed E-state index contributed by atoms with van der Waals surface area (Å²) < 4.78 is 5.69. The number of carbonyl (C=O) groups excluding carboxylic acids is 1. The Labute approximate surface area is 145 Å². The molecular formula is C19H20N4O2. The lowest BCUT2D eigenvalue weighted by Gasteiger charge is -2.32. The number of fused-ring (bicyclic) bond motifs is 1. The van der Waals surface area contributed by atoms with Crippen molar-refractivity contribution in [2.24, 2.45) is 0 Å². The maximum atomic E-state index is 12.6. The van der Waals surface area contributed by atoms with E-state index in [1.54, 1.807) is 6.33 Å². The second-order valence-electron chi connectivity index (χ2n) is 6.17. The van der Waals surface area contributed by atoms with E-state index in [0.717, 1.165) is 24.1 Å². The molecule has 1 atom stereocenters. The number of H-pyrrole nitrogens is 1. The summed E-state index contributed by atoms with van der Waals surface area (Å²) in [5, 5.41) is 2.95. The number of carbonyl (C=O) groups is 1. The summed E-state index contributed by atoms with van der Waals surface area (Å²) in [4.78, 5) is 22.2. The van der Waals surface area contributed by atoms with Gasteiger partial charge in [-0.25, -0.2) is 4.98 Å². The first kappa shape index (κ1) is 15.8. The van der Waals surface area contributed by atoms with Crippen LogP contribution in [0.1, 0.15) is 5.56 Å². The van der Waals surface area contributed by atoms with Crippen molar-refractivity contribution in [2.45, 2.75) is 12.6 Å². The van der Waals surface area contributed by atoms with E-state index < -0.39 is 6.10 Å². The molecule has 0 saturated carbocycles. The SMILES string of the molecule is O=C(Nc1cccc2[nH]cnc12)C1CN(Cc2ccccc2)CCO1. The van der Waals surface area contributed by atoms with Crippen LogP contribution in [0, 0.1) is 0 Å². The molecule has 3 aromatic rings. The average molecular weight is 336 g/mol. The third-order valence-electron chi connectivity index (χ3n) is 4.40. The number of ether oxygens (including phenoxy) is 1. The quantitative estimate of drug-likeness (QED) is 0.767. The van der Waals surface area contributed by atoms with Gasteiger partial charge in [0.05, 0.1) is 24.1 Å². The van der Waals surface area contributed by atoms with Crippen molar-refractivity contribution in [1.29, 1.82) is 0 Å². The molecule has 2 aromatic carbocycles. The van der Waals surface area contributed by atoms with Crippen LogP contribution in [0.3, 0.4) is 0 Å². The Kier molecular flexibility index (Phi) is 4.45. The van der Waals surface area contributed by atoms with Gasteiger partial charge >= 0.3 is 0 Å². The molecular weight excluding hydrogens is 316 g/mol. The smallest absolute Gasteiger partial charge is 0.254 e. The highest BCUT2D eigenvalue weighted by atomic mass is 16.5. The number of aromatic amines is 1. The molecule has 1 unspecified atom stereocenters. The molecule has 0 spiro atoms. The second kappa shape index (κ2) is 7.04. The van der Waals surface area contributed by atoms with Gasteiger partial charge in [-0.15, -0.1) is 0 Å². The number of hydrogen-bond acceptors (Lipinski definition) is 4. The van der Waals surface area contributed by atoms with E-state index in [0.29, 0.717) is 18.8 Å². The van der Waals surface area contributed by atoms with Crippen LogP contribution in [0.5, 0.6) is 0 Å². The molecule has 1 aliphatic rings. The fourth-order valence-corrected chi connectivity index (χ4v) is 3.13. The molecule has 0 bridgehead atoms. The molecule has 6 heteroatoms. The Morgan fingerprint density at radius 2 is 2.12 bits per heavy atom. The number of hydrogen-bond donors (Lipinski definition) is 2. The van der Waals surface area contributed by atoms with Crippen LogP contribution in [-0.2, 0) is 16.1 Å². The highest BCUT2D eigenvalue weighted by Gasteiger charge is 2.27. The first-order chi connectivity index (χ1) is 12.3. The number of anilines is 1. The maximum Gasteiger partial charge on any atom is 0.254 e. The molecule has 1 fully saturated rings. The molecule has 0 radical (unpaired) electrons. The fraction of sp³-hybridized carbons (Fsp3) is 0.263. The van der Waals surface area contributed by atoms with Crippen molar-refractivity contribution >= 4 is 22.6 Å². The minimum absolute atomic E-state index is 0.131. The van der Waals surface area contributed by atoms with Crippen LogP contribution >= 0.6 is 0 Å². The van der Waals surface area contributed by atoms with Crippen molar-refractivity contribution in [3.63, 3.8) is 0 Å². The summed E-state index contributed by atoms with van der Waals surface area (Å²) in [5.74, 6) is -0.131. The molecule has 2 N–H and O–H groups in total. The van der Waals surface area contributed by atoms with E-state index >= 15 is 0 Å². The first-order valence-electron chi connectivity index (χ1n) is 8.40. The fourth-order valence-electron chi connectivity index (χ4n) is 3.13. The summed E-state index contributed by atoms with van der Waals surface area (Å²) in [7, 11) is 0. The zero-order chi connectivity index (χ0) is 17.1. The van der Waals surface area contributed by atoms with Crippen LogP contribution < -0.4 is 5.32 Å². The number of nitrogens with one attached hydrogen (secondary N) is 2. The molecule has 128 valence electrons. The van der Waals surface area contributed by atoms with E-state index in [1.807, 2.05) is 36.4 Å². The van der Waals surface area contributed by atoms with Crippen molar-refractivity contribution in [3.8, 4) is 0 Å². The Morgan fingerprint density at radius 1 is 1.24 bits per heavy atom. The molecule has 1 aromatic heterocycles. The topological polar surface area (TPSA) is 70.2 Å². The summed E-state index contributed by atoms with van der Waals surface area (Å²) >= 11 is 0. The first-order valence-corrected chi connectivity index (χ1v) is 8.40. The predicted octanol–water partition coefficient (Wildman–Crippen LogP) is 2.40. The minimum Gasteiger partial charge on any atom is -0.366 e. The van der Waals surface area contributed by atoms with E-state index in [1.165, 1.54) is 5.56 Å². The van der Waals surface area contributed by atoms with Gasteiger partial charge in [-0.1, -0.05) is 36.4 Å². The van der Waals surface area contributed by atoms with Crippen LogP contribution in [0.25, 0.3) is 11.0 Å². The van der Waals surface area contributed by atoms with Gasteiger partial charge in [0, 0.05) is 19.6 Å². The molecule has 2 heterocycles. The lowest BCUT2D eigenvalue weighted by atomic mass is 10.2. The monoisotopic (exact) mass is 336 g/mol. The number of aromatic nitrogens is 2. The van der Waals surface area contributed by atoms with Crippen molar-refractivity contribution in [1.82, 2.24) is 14.9 Å². The number of benzene rings is 2. The second-order valence-corrected chi connectivity index (χ2v) is 6.17. The third kappa shape index (κ3) is 3.55. The zero-order valence-corrected chi connectivity index (χ0v) is 13.8. The van der Waals surface area contributed by atoms with Crippen LogP contribution in [-0.4, -0.2) is 46.6 Å². The standard InChI is InChI=1S/C19H20N4O2/c24-19(22-16-8-4-7-15-18(16)21-13-20-15)17-12-23(9-10-25-17)11-14-5-2-1-3-6-14/h1-8,13,17H,9-12H2,(H,20,21)(H,22,24). The van der Waals surface area contributed by atoms with Gasteiger partial charge < -0.3 is 15.0 Å². The van der Waals surface area contributed by atoms with Crippen molar-refractivity contribution in [3.05, 3.63) is 60.4 Å². The van der Waals surface area contributed by atoms with E-state index in [4.69, 9.17) is 4.74 Å². The number of amides is 1. The molecule has 0 aliphatic carbocycles. The number of morpholine rings is 1. The Balaban J connectivity index is 1.42. The lowest BCUT2D eigenvalue weighted by molar-refractivity contribution is -0.133. The zero-order valence-electron chi connectivity index (χ0n) is 13.8. The van der Waals surface area contributed by atoms with Crippen LogP contribution in [0.4, 0.5) is 5.69 Å². The Morgan fingerprint density at radius 3 is 3.00 bits per heavy atom. The van der Waals surface area contributed by atoms with Gasteiger partial charge in [-0.05, 0) is 17.7 Å². The molecule has 1 amide bonds. The van der Waals surface area contributed by atoms with E-state index in [-0.39, 0.29) is 5.91 Å². The Hall–Kier alpha value is -2.70. The van der Waals surface area contributed by atoms with Crippen LogP contribution in [0.15, 0.2) is 54.9 Å². The van der Waals surface area contributed by atoms with E-state index in [2.05, 4.69) is 32.3 Å². The number of imidazole rings is 1. The number of nitrogens with zero attached hydrogens (tertiary/aromatic N) is 2. The largest absolute Gasteiger partial charge is 0.366 e. The summed E-state index contributed by atoms with van der Waals surface area (Å²) in [6, 6.07) is 15.9. The van der Waals surface area contributed by atoms with Gasteiger partial charge in [-0.3, -0.25) is 9.69 Å². The van der Waals surface area contributed by atoms with Crippen molar-refractivity contribution in [2.75, 3.05) is 25.0 Å². The highest BCUT2D eigenvalue weighted by Crippen LogP contribution is 2.20. The number of para-hydroxylation sites is 1. The summed E-state index contributed by atoms with van der Waals surface area (Å²) in [5.41, 5.74) is 3.60.